The number of carbonyl (C=O) groups excluding carboxylic acids is 1. The lowest BCUT2D eigenvalue weighted by Crippen LogP contribution is -2.30. The Morgan fingerprint density at radius 3 is 2.46 bits per heavy atom. The number of nitrogens with one attached hydrogen (secondary N) is 1. The van der Waals surface area contributed by atoms with Gasteiger partial charge in [0, 0.05) is 16.0 Å². The molecule has 0 saturated heterocycles. The summed E-state index contributed by atoms with van der Waals surface area (Å²) < 4.78 is 5.11. The van der Waals surface area contributed by atoms with Crippen molar-refractivity contribution >= 4 is 34.8 Å². The summed E-state index contributed by atoms with van der Waals surface area (Å²) >= 11 is 7.22. The van der Waals surface area contributed by atoms with Gasteiger partial charge in [-0.25, -0.2) is 4.98 Å². The van der Waals surface area contributed by atoms with Crippen molar-refractivity contribution in [3.8, 4) is 16.3 Å². The van der Waals surface area contributed by atoms with Crippen LogP contribution in [-0.4, -0.2) is 29.1 Å². The molecule has 2 aromatic carbocycles. The number of amides is 1. The van der Waals surface area contributed by atoms with Gasteiger partial charge in [-0.3, -0.25) is 9.59 Å². The zero-order valence-electron chi connectivity index (χ0n) is 14.9. The molecule has 28 heavy (non-hydrogen) atoms. The summed E-state index contributed by atoms with van der Waals surface area (Å²) in [5, 5.41) is 14.9. The fraction of sp³-hybridized carbons (Fsp3) is 0.150. The van der Waals surface area contributed by atoms with Gasteiger partial charge < -0.3 is 15.2 Å². The van der Waals surface area contributed by atoms with Crippen LogP contribution in [0.25, 0.3) is 10.6 Å². The van der Waals surface area contributed by atoms with E-state index in [0.29, 0.717) is 21.3 Å². The predicted molar refractivity (Wildman–Crippen MR) is 108 cm³/mol. The highest BCUT2D eigenvalue weighted by molar-refractivity contribution is 7.13. The topological polar surface area (TPSA) is 88.5 Å². The SMILES string of the molecule is COc1ccc([C@H](CC(=O)O)NC(=O)c2csc(-c3ccc(Cl)cc3)n2)cc1. The standard InChI is InChI=1S/C20H17ClN2O4S/c1-27-15-8-4-12(5-9-15)16(10-18(24)25)22-19(26)17-11-28-20(23-17)13-2-6-14(21)7-3-13/h2-9,11,16H,10H2,1H3,(H,22,26)(H,24,25)/t16-/m0/s1. The van der Waals surface area contributed by atoms with Gasteiger partial charge in [-0.05, 0) is 29.8 Å². The molecule has 0 fully saturated rings. The molecule has 8 heteroatoms. The normalized spacial score (nSPS) is 11.6. The molecular formula is C20H17ClN2O4S. The Morgan fingerprint density at radius 2 is 1.86 bits per heavy atom. The Bertz CT molecular complexity index is 971. The number of thiazole rings is 1. The molecule has 144 valence electrons. The number of rotatable bonds is 7. The Kier molecular flexibility index (Phi) is 6.28. The molecule has 0 spiro atoms. The number of hydrogen-bond donors (Lipinski definition) is 2. The number of halogens is 1. The Morgan fingerprint density at radius 1 is 1.18 bits per heavy atom. The van der Waals surface area contributed by atoms with Crippen LogP contribution in [0.4, 0.5) is 0 Å². The summed E-state index contributed by atoms with van der Waals surface area (Å²) in [5.41, 5.74) is 1.76. The van der Waals surface area contributed by atoms with Crippen molar-refractivity contribution in [3.63, 3.8) is 0 Å². The predicted octanol–water partition coefficient (Wildman–Crippen LogP) is 4.42. The van der Waals surface area contributed by atoms with Crippen molar-refractivity contribution in [2.45, 2.75) is 12.5 Å². The fourth-order valence-electron chi connectivity index (χ4n) is 2.60. The zero-order valence-corrected chi connectivity index (χ0v) is 16.5. The van der Waals surface area contributed by atoms with E-state index in [9.17, 15) is 14.7 Å². The van der Waals surface area contributed by atoms with Crippen LogP contribution in [0.15, 0.2) is 53.9 Å². The van der Waals surface area contributed by atoms with E-state index in [1.807, 2.05) is 12.1 Å². The van der Waals surface area contributed by atoms with Gasteiger partial charge >= 0.3 is 5.97 Å². The maximum atomic E-state index is 12.6. The highest BCUT2D eigenvalue weighted by Crippen LogP contribution is 2.26. The minimum Gasteiger partial charge on any atom is -0.497 e. The van der Waals surface area contributed by atoms with Gasteiger partial charge in [0.2, 0.25) is 0 Å². The minimum atomic E-state index is -1.01. The highest BCUT2D eigenvalue weighted by Gasteiger charge is 2.21. The molecule has 0 unspecified atom stereocenters. The highest BCUT2D eigenvalue weighted by atomic mass is 35.5. The molecule has 1 aromatic heterocycles. The number of benzene rings is 2. The molecule has 6 nitrogen and oxygen atoms in total. The van der Waals surface area contributed by atoms with Crippen molar-refractivity contribution in [1.29, 1.82) is 0 Å². The quantitative estimate of drug-likeness (QED) is 0.595. The summed E-state index contributed by atoms with van der Waals surface area (Å²) in [7, 11) is 1.55. The summed E-state index contributed by atoms with van der Waals surface area (Å²) in [6.07, 6.45) is -0.244. The molecule has 1 atom stereocenters. The van der Waals surface area contributed by atoms with Crippen LogP contribution in [0.1, 0.15) is 28.5 Å². The van der Waals surface area contributed by atoms with Crippen LogP contribution in [-0.2, 0) is 4.79 Å². The second kappa shape index (κ2) is 8.86. The van der Waals surface area contributed by atoms with Crippen LogP contribution in [0, 0.1) is 0 Å². The second-order valence-corrected chi connectivity index (χ2v) is 7.24. The van der Waals surface area contributed by atoms with E-state index in [4.69, 9.17) is 16.3 Å². The molecule has 3 rings (SSSR count). The zero-order chi connectivity index (χ0) is 20.1. The first-order chi connectivity index (χ1) is 13.5. The lowest BCUT2D eigenvalue weighted by molar-refractivity contribution is -0.137. The molecule has 3 aromatic rings. The molecular weight excluding hydrogens is 400 g/mol. The lowest BCUT2D eigenvalue weighted by Gasteiger charge is -2.17. The first kappa shape index (κ1) is 19.9. The van der Waals surface area contributed by atoms with Crippen LogP contribution >= 0.6 is 22.9 Å². The number of hydrogen-bond acceptors (Lipinski definition) is 5. The smallest absolute Gasteiger partial charge is 0.305 e. The van der Waals surface area contributed by atoms with Gasteiger partial charge in [-0.2, -0.15) is 0 Å². The number of aliphatic carboxylic acids is 1. The van der Waals surface area contributed by atoms with Gasteiger partial charge in [-0.1, -0.05) is 35.9 Å². The lowest BCUT2D eigenvalue weighted by atomic mass is 10.0. The van der Waals surface area contributed by atoms with E-state index in [2.05, 4.69) is 10.3 Å². The number of ether oxygens (including phenoxy) is 1. The fourth-order valence-corrected chi connectivity index (χ4v) is 3.53. The average molecular weight is 417 g/mol. The number of carboxylic acid groups (broad SMARTS) is 1. The summed E-state index contributed by atoms with van der Waals surface area (Å²) in [6.45, 7) is 0. The van der Waals surface area contributed by atoms with Crippen molar-refractivity contribution in [1.82, 2.24) is 10.3 Å². The monoisotopic (exact) mass is 416 g/mol. The van der Waals surface area contributed by atoms with E-state index in [1.54, 1.807) is 48.9 Å². The molecule has 0 bridgehead atoms. The number of carboxylic acids is 1. The molecule has 0 saturated carbocycles. The molecule has 0 radical (unpaired) electrons. The van der Waals surface area contributed by atoms with Crippen molar-refractivity contribution in [2.24, 2.45) is 0 Å². The maximum Gasteiger partial charge on any atom is 0.305 e. The van der Waals surface area contributed by atoms with Gasteiger partial charge in [0.1, 0.15) is 16.5 Å². The molecule has 2 N–H and O–H groups in total. The molecule has 1 amide bonds. The summed E-state index contributed by atoms with van der Waals surface area (Å²) in [4.78, 5) is 28.2. The van der Waals surface area contributed by atoms with Crippen LogP contribution < -0.4 is 10.1 Å². The maximum absolute atomic E-state index is 12.6. The van der Waals surface area contributed by atoms with Gasteiger partial charge in [0.15, 0.2) is 0 Å². The minimum absolute atomic E-state index is 0.235. The number of nitrogens with zero attached hydrogens (tertiary/aromatic N) is 1. The Labute approximate surface area is 170 Å². The van der Waals surface area contributed by atoms with E-state index in [-0.39, 0.29) is 12.1 Å². The molecule has 0 aliphatic rings. The average Bonchev–Trinajstić information content (AvgIpc) is 3.18. The Hall–Kier alpha value is -2.90. The third kappa shape index (κ3) is 4.88. The third-order valence-corrected chi connectivity index (χ3v) is 5.17. The van der Waals surface area contributed by atoms with Gasteiger partial charge in [0.25, 0.3) is 5.91 Å². The Balaban J connectivity index is 1.77. The number of methoxy groups -OCH3 is 1. The molecule has 0 aliphatic heterocycles. The second-order valence-electron chi connectivity index (χ2n) is 5.94. The van der Waals surface area contributed by atoms with E-state index in [1.165, 1.54) is 11.3 Å². The van der Waals surface area contributed by atoms with E-state index >= 15 is 0 Å². The van der Waals surface area contributed by atoms with Crippen molar-refractivity contribution < 1.29 is 19.4 Å². The summed E-state index contributed by atoms with van der Waals surface area (Å²) in [6, 6.07) is 13.4. The van der Waals surface area contributed by atoms with Crippen molar-refractivity contribution in [2.75, 3.05) is 7.11 Å². The first-order valence-electron chi connectivity index (χ1n) is 8.34. The van der Waals surface area contributed by atoms with Crippen molar-refractivity contribution in [3.05, 3.63) is 70.2 Å². The molecule has 1 heterocycles. The van der Waals surface area contributed by atoms with Crippen LogP contribution in [0.3, 0.4) is 0 Å². The van der Waals surface area contributed by atoms with Crippen LogP contribution in [0.5, 0.6) is 5.75 Å². The van der Waals surface area contributed by atoms with E-state index < -0.39 is 17.9 Å². The van der Waals surface area contributed by atoms with Crippen LogP contribution in [0.2, 0.25) is 5.02 Å². The third-order valence-electron chi connectivity index (χ3n) is 4.03. The largest absolute Gasteiger partial charge is 0.497 e. The number of carbonyl (C=O) groups is 2. The number of aromatic nitrogens is 1. The van der Waals surface area contributed by atoms with Gasteiger partial charge in [0.05, 0.1) is 19.6 Å². The van der Waals surface area contributed by atoms with Gasteiger partial charge in [-0.15, -0.1) is 11.3 Å². The van der Waals surface area contributed by atoms with E-state index in [0.717, 1.165) is 5.56 Å². The summed E-state index contributed by atoms with van der Waals surface area (Å²) in [5.74, 6) is -0.795. The molecule has 0 aliphatic carbocycles. The first-order valence-corrected chi connectivity index (χ1v) is 9.60.